The van der Waals surface area contributed by atoms with Gasteiger partial charge in [0.25, 0.3) is 0 Å². The standard InChI is InChI=1S/C12H18/c1-4-10-8-7-9-11(5-2)12(10)6-3/h4-6H,7-9H2,1-3H3. The summed E-state index contributed by atoms with van der Waals surface area (Å²) in [6, 6.07) is 0. The molecule has 0 radical (unpaired) electrons. The minimum absolute atomic E-state index is 1.26. The molecular formula is C12H18. The Bertz CT molecular complexity index is 217. The van der Waals surface area contributed by atoms with Gasteiger partial charge in [-0.15, -0.1) is 0 Å². The van der Waals surface area contributed by atoms with E-state index in [4.69, 9.17) is 0 Å². The maximum atomic E-state index is 2.25. The van der Waals surface area contributed by atoms with Crippen molar-refractivity contribution in [2.24, 2.45) is 0 Å². The lowest BCUT2D eigenvalue weighted by molar-refractivity contribution is 0.769. The Hall–Kier alpha value is -0.780. The number of rotatable bonds is 0. The van der Waals surface area contributed by atoms with E-state index in [-0.39, 0.29) is 0 Å². The zero-order chi connectivity index (χ0) is 8.97. The fraction of sp³-hybridized carbons (Fsp3) is 0.500. The quantitative estimate of drug-likeness (QED) is 0.505. The summed E-state index contributed by atoms with van der Waals surface area (Å²) in [5, 5.41) is 0. The van der Waals surface area contributed by atoms with E-state index < -0.39 is 0 Å². The minimum Gasteiger partial charge on any atom is -0.0838 e. The lowest BCUT2D eigenvalue weighted by Crippen LogP contribution is -2.01. The van der Waals surface area contributed by atoms with Crippen LogP contribution in [0.2, 0.25) is 0 Å². The van der Waals surface area contributed by atoms with Crippen LogP contribution in [0.1, 0.15) is 40.0 Å². The van der Waals surface area contributed by atoms with Crippen molar-refractivity contribution in [1.82, 2.24) is 0 Å². The van der Waals surface area contributed by atoms with Crippen LogP contribution in [0.5, 0.6) is 0 Å². The van der Waals surface area contributed by atoms with E-state index in [1.807, 2.05) is 0 Å². The highest BCUT2D eigenvalue weighted by atomic mass is 14.2. The third-order valence-corrected chi connectivity index (χ3v) is 2.57. The predicted octanol–water partition coefficient (Wildman–Crippen LogP) is 4.01. The molecule has 0 heteroatoms. The second-order valence-electron chi connectivity index (χ2n) is 3.18. The molecule has 1 saturated carbocycles. The Kier molecular flexibility index (Phi) is 3.33. The van der Waals surface area contributed by atoms with Gasteiger partial charge in [0.1, 0.15) is 0 Å². The van der Waals surface area contributed by atoms with E-state index in [0.717, 1.165) is 0 Å². The van der Waals surface area contributed by atoms with Crippen molar-refractivity contribution in [3.63, 3.8) is 0 Å². The molecule has 0 aromatic heterocycles. The fourth-order valence-electron chi connectivity index (χ4n) is 1.92. The first-order valence-electron chi connectivity index (χ1n) is 4.81. The van der Waals surface area contributed by atoms with Crippen LogP contribution in [0.3, 0.4) is 0 Å². The molecule has 0 saturated heterocycles. The normalized spacial score (nSPS) is 25.1. The zero-order valence-corrected chi connectivity index (χ0v) is 8.35. The molecule has 12 heavy (non-hydrogen) atoms. The highest BCUT2D eigenvalue weighted by Crippen LogP contribution is 2.32. The topological polar surface area (TPSA) is 0 Å². The molecule has 0 aromatic rings. The highest BCUT2D eigenvalue weighted by Gasteiger charge is 2.13. The van der Waals surface area contributed by atoms with Gasteiger partial charge in [-0.3, -0.25) is 0 Å². The van der Waals surface area contributed by atoms with Crippen LogP contribution in [0.4, 0.5) is 0 Å². The molecule has 0 spiro atoms. The molecule has 0 unspecified atom stereocenters. The van der Waals surface area contributed by atoms with Crippen molar-refractivity contribution in [3.05, 3.63) is 34.9 Å². The average Bonchev–Trinajstić information content (AvgIpc) is 2.16. The lowest BCUT2D eigenvalue weighted by Gasteiger charge is -2.21. The van der Waals surface area contributed by atoms with Gasteiger partial charge in [0, 0.05) is 0 Å². The Balaban J connectivity index is 2.97. The van der Waals surface area contributed by atoms with E-state index in [2.05, 4.69) is 39.0 Å². The van der Waals surface area contributed by atoms with E-state index in [0.29, 0.717) is 0 Å². The molecule has 1 aliphatic carbocycles. The molecule has 1 rings (SSSR count). The highest BCUT2D eigenvalue weighted by molar-refractivity contribution is 5.48. The van der Waals surface area contributed by atoms with Gasteiger partial charge >= 0.3 is 0 Å². The van der Waals surface area contributed by atoms with E-state index in [1.54, 1.807) is 0 Å². The summed E-state index contributed by atoms with van der Waals surface area (Å²) in [4.78, 5) is 0. The molecule has 0 atom stereocenters. The van der Waals surface area contributed by atoms with Gasteiger partial charge in [-0.05, 0) is 56.8 Å². The third kappa shape index (κ3) is 1.69. The first kappa shape index (κ1) is 9.31. The summed E-state index contributed by atoms with van der Waals surface area (Å²) in [7, 11) is 0. The summed E-state index contributed by atoms with van der Waals surface area (Å²) >= 11 is 0. The summed E-state index contributed by atoms with van der Waals surface area (Å²) in [5.41, 5.74) is 4.53. The van der Waals surface area contributed by atoms with Gasteiger partial charge in [0.15, 0.2) is 0 Å². The van der Waals surface area contributed by atoms with E-state index in [9.17, 15) is 0 Å². The average molecular weight is 162 g/mol. The van der Waals surface area contributed by atoms with E-state index in [1.165, 1.54) is 36.0 Å². The molecule has 0 aliphatic heterocycles. The molecule has 0 amide bonds. The smallest absolute Gasteiger partial charge is 0.0242 e. The molecule has 0 bridgehead atoms. The summed E-state index contributed by atoms with van der Waals surface area (Å²) in [6.07, 6.45) is 10.6. The molecule has 0 aromatic carbocycles. The van der Waals surface area contributed by atoms with Crippen LogP contribution >= 0.6 is 0 Å². The van der Waals surface area contributed by atoms with Crippen molar-refractivity contribution in [3.8, 4) is 0 Å². The SMILES string of the molecule is CC=C1CCCC(=CC)C1=CC. The van der Waals surface area contributed by atoms with Gasteiger partial charge in [-0.1, -0.05) is 18.2 Å². The largest absolute Gasteiger partial charge is 0.0838 e. The van der Waals surface area contributed by atoms with Crippen molar-refractivity contribution < 1.29 is 0 Å². The lowest BCUT2D eigenvalue weighted by atomic mass is 9.85. The zero-order valence-electron chi connectivity index (χ0n) is 8.35. The Labute approximate surface area is 75.7 Å². The van der Waals surface area contributed by atoms with E-state index >= 15 is 0 Å². The first-order chi connectivity index (χ1) is 5.83. The second kappa shape index (κ2) is 4.30. The van der Waals surface area contributed by atoms with Gasteiger partial charge < -0.3 is 0 Å². The van der Waals surface area contributed by atoms with Gasteiger partial charge in [0.05, 0.1) is 0 Å². The summed E-state index contributed by atoms with van der Waals surface area (Å²) < 4.78 is 0. The maximum absolute atomic E-state index is 2.25. The van der Waals surface area contributed by atoms with Crippen molar-refractivity contribution in [2.75, 3.05) is 0 Å². The minimum atomic E-state index is 1.26. The third-order valence-electron chi connectivity index (χ3n) is 2.57. The molecule has 0 nitrogen and oxygen atoms in total. The van der Waals surface area contributed by atoms with Crippen LogP contribution in [0, 0.1) is 0 Å². The fourth-order valence-corrected chi connectivity index (χ4v) is 1.92. The molecule has 0 heterocycles. The monoisotopic (exact) mass is 162 g/mol. The number of hydrogen-bond donors (Lipinski definition) is 0. The van der Waals surface area contributed by atoms with Crippen molar-refractivity contribution in [1.29, 1.82) is 0 Å². The Morgan fingerprint density at radius 3 is 1.67 bits per heavy atom. The molecule has 0 N–H and O–H groups in total. The predicted molar refractivity (Wildman–Crippen MR) is 55.1 cm³/mol. The molecule has 1 aliphatic rings. The summed E-state index contributed by atoms with van der Waals surface area (Å²) in [5.74, 6) is 0. The first-order valence-corrected chi connectivity index (χ1v) is 4.81. The van der Waals surface area contributed by atoms with Gasteiger partial charge in [-0.2, -0.15) is 0 Å². The van der Waals surface area contributed by atoms with Gasteiger partial charge in [0.2, 0.25) is 0 Å². The van der Waals surface area contributed by atoms with Crippen LogP contribution in [0.25, 0.3) is 0 Å². The second-order valence-corrected chi connectivity index (χ2v) is 3.18. The Morgan fingerprint density at radius 2 is 1.33 bits per heavy atom. The molecule has 1 fully saturated rings. The number of hydrogen-bond acceptors (Lipinski definition) is 0. The summed E-state index contributed by atoms with van der Waals surface area (Å²) in [6.45, 7) is 6.41. The van der Waals surface area contributed by atoms with Crippen LogP contribution in [-0.2, 0) is 0 Å². The molecular weight excluding hydrogens is 144 g/mol. The van der Waals surface area contributed by atoms with Gasteiger partial charge in [-0.25, -0.2) is 0 Å². The number of allylic oxidation sites excluding steroid dienone is 6. The van der Waals surface area contributed by atoms with Crippen molar-refractivity contribution >= 4 is 0 Å². The Morgan fingerprint density at radius 1 is 0.833 bits per heavy atom. The van der Waals surface area contributed by atoms with Crippen LogP contribution < -0.4 is 0 Å². The maximum Gasteiger partial charge on any atom is -0.0242 e. The van der Waals surface area contributed by atoms with Crippen LogP contribution in [0.15, 0.2) is 34.9 Å². The van der Waals surface area contributed by atoms with Crippen LogP contribution in [-0.4, -0.2) is 0 Å². The molecule has 66 valence electrons. The van der Waals surface area contributed by atoms with Crippen molar-refractivity contribution in [2.45, 2.75) is 40.0 Å².